The van der Waals surface area contributed by atoms with E-state index < -0.39 is 0 Å². The smallest absolute Gasteiger partial charge is 0.0778 e. The van der Waals surface area contributed by atoms with Crippen LogP contribution in [-0.4, -0.2) is 30.3 Å². The molecule has 0 radical (unpaired) electrons. The van der Waals surface area contributed by atoms with Crippen LogP contribution < -0.4 is 5.32 Å². The van der Waals surface area contributed by atoms with Crippen molar-refractivity contribution in [3.63, 3.8) is 0 Å². The lowest BCUT2D eigenvalue weighted by Crippen LogP contribution is -2.49. The molecule has 0 saturated heterocycles. The maximum atomic E-state index is 6.16. The Kier molecular flexibility index (Phi) is 6.06. The topological polar surface area (TPSA) is 34.2 Å². The Morgan fingerprint density at radius 1 is 1.50 bits per heavy atom. The van der Waals surface area contributed by atoms with Gasteiger partial charge in [0.2, 0.25) is 0 Å². The van der Waals surface area contributed by atoms with Gasteiger partial charge in [-0.3, -0.25) is 4.98 Å². The molecular weight excluding hydrogens is 248 g/mol. The number of aromatic nitrogens is 1. The van der Waals surface area contributed by atoms with Gasteiger partial charge >= 0.3 is 0 Å². The fraction of sp³-hybridized carbons (Fsp3) is 0.643. The van der Waals surface area contributed by atoms with Gasteiger partial charge in [0.05, 0.1) is 10.6 Å². The summed E-state index contributed by atoms with van der Waals surface area (Å²) in [6.07, 6.45) is 5.40. The van der Waals surface area contributed by atoms with Crippen LogP contribution in [0.15, 0.2) is 18.5 Å². The number of nitrogens with zero attached hydrogens (tertiary/aromatic N) is 1. The first-order valence-electron chi connectivity index (χ1n) is 6.38. The van der Waals surface area contributed by atoms with E-state index in [1.807, 2.05) is 6.07 Å². The Morgan fingerprint density at radius 2 is 2.22 bits per heavy atom. The van der Waals surface area contributed by atoms with E-state index in [2.05, 4.69) is 31.1 Å². The van der Waals surface area contributed by atoms with Crippen LogP contribution in [0, 0.1) is 0 Å². The van der Waals surface area contributed by atoms with Crippen LogP contribution in [0.25, 0.3) is 0 Å². The minimum Gasteiger partial charge on any atom is -0.377 e. The molecule has 1 aromatic rings. The number of methoxy groups -OCH3 is 1. The van der Waals surface area contributed by atoms with Crippen LogP contribution in [0.3, 0.4) is 0 Å². The van der Waals surface area contributed by atoms with E-state index in [0.717, 1.165) is 24.9 Å². The van der Waals surface area contributed by atoms with E-state index in [1.165, 1.54) is 0 Å². The first kappa shape index (κ1) is 15.4. The third-order valence-corrected chi connectivity index (χ3v) is 3.63. The van der Waals surface area contributed by atoms with Gasteiger partial charge in [-0.2, -0.15) is 0 Å². The SMILES string of the molecule is CCCNC(Cc1ccncc1Cl)C(C)(C)OC. The fourth-order valence-corrected chi connectivity index (χ4v) is 2.01. The average Bonchev–Trinajstić information content (AvgIpc) is 2.36. The first-order valence-corrected chi connectivity index (χ1v) is 6.76. The molecule has 0 aliphatic carbocycles. The van der Waals surface area contributed by atoms with Crippen LogP contribution in [0.1, 0.15) is 32.8 Å². The number of rotatable bonds is 7. The molecule has 0 amide bonds. The highest BCUT2D eigenvalue weighted by atomic mass is 35.5. The van der Waals surface area contributed by atoms with Crippen molar-refractivity contribution in [2.24, 2.45) is 0 Å². The van der Waals surface area contributed by atoms with Gasteiger partial charge in [0.15, 0.2) is 0 Å². The Labute approximate surface area is 115 Å². The van der Waals surface area contributed by atoms with Gasteiger partial charge < -0.3 is 10.1 Å². The molecule has 1 heterocycles. The Balaban J connectivity index is 2.81. The Hall–Kier alpha value is -0.640. The van der Waals surface area contributed by atoms with Crippen LogP contribution in [0.2, 0.25) is 5.02 Å². The molecule has 0 fully saturated rings. The third kappa shape index (κ3) is 4.23. The quantitative estimate of drug-likeness (QED) is 0.827. The molecule has 18 heavy (non-hydrogen) atoms. The van der Waals surface area contributed by atoms with E-state index in [0.29, 0.717) is 5.02 Å². The van der Waals surface area contributed by atoms with Crippen molar-refractivity contribution < 1.29 is 4.74 Å². The third-order valence-electron chi connectivity index (χ3n) is 3.29. The molecule has 0 spiro atoms. The van der Waals surface area contributed by atoms with Crippen molar-refractivity contribution in [3.05, 3.63) is 29.0 Å². The molecule has 102 valence electrons. The zero-order valence-electron chi connectivity index (χ0n) is 11.7. The average molecular weight is 271 g/mol. The second-order valence-electron chi connectivity index (χ2n) is 4.99. The van der Waals surface area contributed by atoms with E-state index in [-0.39, 0.29) is 11.6 Å². The zero-order valence-corrected chi connectivity index (χ0v) is 12.4. The fourth-order valence-electron chi connectivity index (χ4n) is 1.81. The highest BCUT2D eigenvalue weighted by molar-refractivity contribution is 6.31. The summed E-state index contributed by atoms with van der Waals surface area (Å²) >= 11 is 6.16. The standard InChI is InChI=1S/C14H23ClN2O/c1-5-7-17-13(14(2,3)18-4)9-11-6-8-16-10-12(11)15/h6,8,10,13,17H,5,7,9H2,1-4H3. The summed E-state index contributed by atoms with van der Waals surface area (Å²) in [7, 11) is 1.74. The van der Waals surface area contributed by atoms with Crippen LogP contribution in [0.4, 0.5) is 0 Å². The first-order chi connectivity index (χ1) is 8.51. The van der Waals surface area contributed by atoms with Crippen molar-refractivity contribution in [3.8, 4) is 0 Å². The molecule has 0 aromatic carbocycles. The monoisotopic (exact) mass is 270 g/mol. The van der Waals surface area contributed by atoms with Gasteiger partial charge in [0.1, 0.15) is 0 Å². The maximum absolute atomic E-state index is 6.16. The maximum Gasteiger partial charge on any atom is 0.0778 e. The normalized spacial score (nSPS) is 13.6. The second kappa shape index (κ2) is 7.07. The molecule has 1 unspecified atom stereocenters. The summed E-state index contributed by atoms with van der Waals surface area (Å²) in [6, 6.07) is 2.19. The van der Waals surface area contributed by atoms with Gasteiger partial charge in [-0.1, -0.05) is 18.5 Å². The second-order valence-corrected chi connectivity index (χ2v) is 5.39. The van der Waals surface area contributed by atoms with Crippen LogP contribution in [-0.2, 0) is 11.2 Å². The van der Waals surface area contributed by atoms with Crippen molar-refractivity contribution in [1.29, 1.82) is 0 Å². The Bertz CT molecular complexity index is 369. The largest absolute Gasteiger partial charge is 0.377 e. The summed E-state index contributed by atoms with van der Waals surface area (Å²) in [4.78, 5) is 4.01. The van der Waals surface area contributed by atoms with E-state index >= 15 is 0 Å². The van der Waals surface area contributed by atoms with Crippen molar-refractivity contribution in [2.45, 2.75) is 45.3 Å². The minimum absolute atomic E-state index is 0.224. The summed E-state index contributed by atoms with van der Waals surface area (Å²) in [6.45, 7) is 7.31. The van der Waals surface area contributed by atoms with Gasteiger partial charge in [0, 0.05) is 25.5 Å². The van der Waals surface area contributed by atoms with E-state index in [4.69, 9.17) is 16.3 Å². The molecule has 3 nitrogen and oxygen atoms in total. The van der Waals surface area contributed by atoms with Gasteiger partial charge in [0.25, 0.3) is 0 Å². The molecular formula is C14H23ClN2O. The molecule has 4 heteroatoms. The summed E-state index contributed by atoms with van der Waals surface area (Å²) in [5.74, 6) is 0. The number of pyridine rings is 1. The molecule has 1 N–H and O–H groups in total. The van der Waals surface area contributed by atoms with E-state index in [1.54, 1.807) is 19.5 Å². The van der Waals surface area contributed by atoms with Crippen molar-refractivity contribution >= 4 is 11.6 Å². The number of halogens is 1. The molecule has 1 aromatic heterocycles. The number of ether oxygens (including phenoxy) is 1. The Morgan fingerprint density at radius 3 is 2.78 bits per heavy atom. The lowest BCUT2D eigenvalue weighted by atomic mass is 9.92. The number of hydrogen-bond acceptors (Lipinski definition) is 3. The highest BCUT2D eigenvalue weighted by Crippen LogP contribution is 2.22. The predicted molar refractivity (Wildman–Crippen MR) is 76.1 cm³/mol. The lowest BCUT2D eigenvalue weighted by Gasteiger charge is -2.34. The zero-order chi connectivity index (χ0) is 13.6. The number of hydrogen-bond donors (Lipinski definition) is 1. The van der Waals surface area contributed by atoms with E-state index in [9.17, 15) is 0 Å². The highest BCUT2D eigenvalue weighted by Gasteiger charge is 2.29. The summed E-state index contributed by atoms with van der Waals surface area (Å²) in [5, 5.41) is 4.25. The molecule has 1 rings (SSSR count). The van der Waals surface area contributed by atoms with Gasteiger partial charge in [-0.05, 0) is 44.9 Å². The summed E-state index contributed by atoms with van der Waals surface area (Å²) in [5.41, 5.74) is 0.868. The van der Waals surface area contributed by atoms with Crippen molar-refractivity contribution in [2.75, 3.05) is 13.7 Å². The molecule has 0 bridgehead atoms. The van der Waals surface area contributed by atoms with Gasteiger partial charge in [-0.15, -0.1) is 0 Å². The molecule has 0 aliphatic heterocycles. The van der Waals surface area contributed by atoms with Gasteiger partial charge in [-0.25, -0.2) is 0 Å². The van der Waals surface area contributed by atoms with Crippen LogP contribution in [0.5, 0.6) is 0 Å². The molecule has 0 saturated carbocycles. The predicted octanol–water partition coefficient (Wildman–Crippen LogP) is 3.07. The van der Waals surface area contributed by atoms with Crippen molar-refractivity contribution in [1.82, 2.24) is 10.3 Å². The molecule has 0 aliphatic rings. The number of nitrogens with one attached hydrogen (secondary N) is 1. The van der Waals surface area contributed by atoms with Crippen LogP contribution >= 0.6 is 11.6 Å². The summed E-state index contributed by atoms with van der Waals surface area (Å²) < 4.78 is 5.59. The lowest BCUT2D eigenvalue weighted by molar-refractivity contribution is -0.00997. The molecule has 1 atom stereocenters. The minimum atomic E-state index is -0.234.